The van der Waals surface area contributed by atoms with Crippen molar-refractivity contribution >= 4 is 5.97 Å². The van der Waals surface area contributed by atoms with Gasteiger partial charge in [0, 0.05) is 12.1 Å². The lowest BCUT2D eigenvalue weighted by Gasteiger charge is -2.19. The van der Waals surface area contributed by atoms with E-state index in [9.17, 15) is 9.18 Å². The third-order valence-electron chi connectivity index (χ3n) is 2.63. The fourth-order valence-electron chi connectivity index (χ4n) is 1.80. The quantitative estimate of drug-likeness (QED) is 0.825. The molecule has 3 N–H and O–H groups in total. The van der Waals surface area contributed by atoms with Crippen LogP contribution in [-0.4, -0.2) is 24.7 Å². The fourth-order valence-corrected chi connectivity index (χ4v) is 1.80. The van der Waals surface area contributed by atoms with Gasteiger partial charge in [-0.3, -0.25) is 4.79 Å². The first-order chi connectivity index (χ1) is 8.02. The minimum absolute atomic E-state index is 0.102. The normalized spacial score (nSPS) is 14.1. The van der Waals surface area contributed by atoms with Gasteiger partial charge in [0.25, 0.3) is 0 Å². The van der Waals surface area contributed by atoms with Crippen molar-refractivity contribution in [1.82, 2.24) is 0 Å². The van der Waals surface area contributed by atoms with Gasteiger partial charge in [-0.15, -0.1) is 0 Å². The highest BCUT2D eigenvalue weighted by molar-refractivity contribution is 5.78. The topological polar surface area (TPSA) is 72.5 Å². The monoisotopic (exact) mass is 241 g/mol. The molecule has 1 aromatic rings. The molecule has 0 saturated carbocycles. The average molecular weight is 241 g/mol. The molecule has 4 nitrogen and oxygen atoms in total. The summed E-state index contributed by atoms with van der Waals surface area (Å²) in [6.07, 6.45) is -1.27. The highest BCUT2D eigenvalue weighted by Crippen LogP contribution is 2.34. The lowest BCUT2D eigenvalue weighted by atomic mass is 9.91. The minimum Gasteiger partial charge on any atom is -0.496 e. The molecular formula is C12H16FNO3. The molecule has 0 spiro atoms. The van der Waals surface area contributed by atoms with E-state index in [-0.39, 0.29) is 6.54 Å². The number of carboxylic acid groups (broad SMARTS) is 1. The summed E-state index contributed by atoms with van der Waals surface area (Å²) in [5.74, 6) is -1.69. The number of rotatable bonds is 5. The van der Waals surface area contributed by atoms with E-state index in [1.54, 1.807) is 18.2 Å². The van der Waals surface area contributed by atoms with Crippen molar-refractivity contribution in [2.45, 2.75) is 19.0 Å². The summed E-state index contributed by atoms with van der Waals surface area (Å²) < 4.78 is 18.6. The van der Waals surface area contributed by atoms with Gasteiger partial charge in [-0.25, -0.2) is 4.39 Å². The van der Waals surface area contributed by atoms with Crippen molar-refractivity contribution in [3.63, 3.8) is 0 Å². The molecule has 0 aliphatic carbocycles. The standard InChI is InChI=1S/C12H16FNO3/c1-7(13)8-4-3-5-10(17-2)11(8)9(6-14)12(15)16/h3-5,7,9H,6,14H2,1-2H3,(H,15,16). The number of alkyl halides is 1. The molecule has 0 bridgehead atoms. The summed E-state index contributed by atoms with van der Waals surface area (Å²) in [6, 6.07) is 4.78. The number of methoxy groups -OCH3 is 1. The molecule has 0 heterocycles. The zero-order valence-electron chi connectivity index (χ0n) is 9.81. The van der Waals surface area contributed by atoms with Crippen LogP contribution in [0.5, 0.6) is 5.75 Å². The third kappa shape index (κ3) is 2.74. The molecular weight excluding hydrogens is 225 g/mol. The summed E-state index contributed by atoms with van der Waals surface area (Å²) in [5, 5.41) is 9.09. The molecule has 0 saturated heterocycles. The Labute approximate surface area is 99.2 Å². The molecule has 2 unspecified atom stereocenters. The van der Waals surface area contributed by atoms with Crippen molar-refractivity contribution < 1.29 is 19.0 Å². The Morgan fingerprint density at radius 2 is 2.24 bits per heavy atom. The van der Waals surface area contributed by atoms with E-state index in [4.69, 9.17) is 15.6 Å². The molecule has 0 aromatic heterocycles. The maximum absolute atomic E-state index is 13.5. The number of nitrogens with two attached hydrogens (primary N) is 1. The Morgan fingerprint density at radius 3 is 2.65 bits per heavy atom. The van der Waals surface area contributed by atoms with Gasteiger partial charge in [0.15, 0.2) is 0 Å². The van der Waals surface area contributed by atoms with Crippen molar-refractivity contribution in [2.75, 3.05) is 13.7 Å². The summed E-state index contributed by atoms with van der Waals surface area (Å²) in [7, 11) is 1.42. The first-order valence-corrected chi connectivity index (χ1v) is 5.26. The van der Waals surface area contributed by atoms with E-state index in [0.29, 0.717) is 16.9 Å². The summed E-state index contributed by atoms with van der Waals surface area (Å²) >= 11 is 0. The van der Waals surface area contributed by atoms with Crippen LogP contribution >= 0.6 is 0 Å². The second-order valence-electron chi connectivity index (χ2n) is 3.71. The Morgan fingerprint density at radius 1 is 1.59 bits per heavy atom. The van der Waals surface area contributed by atoms with E-state index >= 15 is 0 Å². The number of aliphatic carboxylic acids is 1. The van der Waals surface area contributed by atoms with Gasteiger partial charge in [-0.05, 0) is 18.6 Å². The van der Waals surface area contributed by atoms with Crippen LogP contribution < -0.4 is 10.5 Å². The van der Waals surface area contributed by atoms with Gasteiger partial charge in [0.1, 0.15) is 11.9 Å². The number of hydrogen-bond donors (Lipinski definition) is 2. The SMILES string of the molecule is COc1cccc(C(C)F)c1C(CN)C(=O)O. The zero-order chi connectivity index (χ0) is 13.0. The van der Waals surface area contributed by atoms with Crippen LogP contribution in [0.4, 0.5) is 4.39 Å². The van der Waals surface area contributed by atoms with Crippen LogP contribution in [0.1, 0.15) is 30.1 Å². The lowest BCUT2D eigenvalue weighted by molar-refractivity contribution is -0.138. The first kappa shape index (κ1) is 13.4. The van der Waals surface area contributed by atoms with Crippen LogP contribution in [0.2, 0.25) is 0 Å². The molecule has 0 amide bonds. The summed E-state index contributed by atoms with van der Waals surface area (Å²) in [4.78, 5) is 11.1. The smallest absolute Gasteiger partial charge is 0.312 e. The number of hydrogen-bond acceptors (Lipinski definition) is 3. The predicted octanol–water partition coefficient (Wildman–Crippen LogP) is 1.85. The molecule has 0 aliphatic rings. The molecule has 1 rings (SSSR count). The highest BCUT2D eigenvalue weighted by Gasteiger charge is 2.26. The van der Waals surface area contributed by atoms with Crippen LogP contribution in [-0.2, 0) is 4.79 Å². The molecule has 0 aliphatic heterocycles. The van der Waals surface area contributed by atoms with Crippen LogP contribution in [0, 0.1) is 0 Å². The number of carbonyl (C=O) groups is 1. The van der Waals surface area contributed by atoms with Gasteiger partial charge < -0.3 is 15.6 Å². The molecule has 1 aromatic carbocycles. The lowest BCUT2D eigenvalue weighted by Crippen LogP contribution is -2.23. The first-order valence-electron chi connectivity index (χ1n) is 5.26. The second kappa shape index (κ2) is 5.63. The number of ether oxygens (including phenoxy) is 1. The minimum atomic E-state index is -1.27. The van der Waals surface area contributed by atoms with Gasteiger partial charge >= 0.3 is 5.97 Å². The van der Waals surface area contributed by atoms with E-state index < -0.39 is 18.1 Å². The number of carboxylic acids is 1. The van der Waals surface area contributed by atoms with E-state index in [1.807, 2.05) is 0 Å². The largest absolute Gasteiger partial charge is 0.496 e. The predicted molar refractivity (Wildman–Crippen MR) is 61.9 cm³/mol. The van der Waals surface area contributed by atoms with E-state index in [2.05, 4.69) is 0 Å². The third-order valence-corrected chi connectivity index (χ3v) is 2.63. The molecule has 0 fully saturated rings. The van der Waals surface area contributed by atoms with E-state index in [0.717, 1.165) is 0 Å². The highest BCUT2D eigenvalue weighted by atomic mass is 19.1. The molecule has 0 radical (unpaired) electrons. The van der Waals surface area contributed by atoms with Crippen molar-refractivity contribution in [3.05, 3.63) is 29.3 Å². The Bertz CT molecular complexity index is 407. The fraction of sp³-hybridized carbons (Fsp3) is 0.417. The Balaban J connectivity index is 3.39. The van der Waals surface area contributed by atoms with Crippen LogP contribution in [0.15, 0.2) is 18.2 Å². The zero-order valence-corrected chi connectivity index (χ0v) is 9.81. The Kier molecular flexibility index (Phi) is 4.45. The Hall–Kier alpha value is -1.62. The number of benzene rings is 1. The summed E-state index contributed by atoms with van der Waals surface area (Å²) in [6.45, 7) is 1.25. The van der Waals surface area contributed by atoms with Gasteiger partial charge in [-0.1, -0.05) is 12.1 Å². The van der Waals surface area contributed by atoms with Crippen LogP contribution in [0.25, 0.3) is 0 Å². The molecule has 94 valence electrons. The molecule has 17 heavy (non-hydrogen) atoms. The summed E-state index contributed by atoms with van der Waals surface area (Å²) in [5.41, 5.74) is 6.07. The van der Waals surface area contributed by atoms with E-state index in [1.165, 1.54) is 14.0 Å². The number of halogens is 1. The van der Waals surface area contributed by atoms with Crippen molar-refractivity contribution in [2.24, 2.45) is 5.73 Å². The maximum Gasteiger partial charge on any atom is 0.312 e. The second-order valence-corrected chi connectivity index (χ2v) is 3.71. The van der Waals surface area contributed by atoms with Gasteiger partial charge in [-0.2, -0.15) is 0 Å². The van der Waals surface area contributed by atoms with Crippen LogP contribution in [0.3, 0.4) is 0 Å². The maximum atomic E-state index is 13.5. The molecule has 2 atom stereocenters. The van der Waals surface area contributed by atoms with Gasteiger partial charge in [0.2, 0.25) is 0 Å². The van der Waals surface area contributed by atoms with Crippen molar-refractivity contribution in [3.8, 4) is 5.75 Å². The van der Waals surface area contributed by atoms with Gasteiger partial charge in [0.05, 0.1) is 13.0 Å². The average Bonchev–Trinajstić information content (AvgIpc) is 2.29. The van der Waals surface area contributed by atoms with Crippen molar-refractivity contribution in [1.29, 1.82) is 0 Å². The molecule has 5 heteroatoms.